The van der Waals surface area contributed by atoms with E-state index >= 15 is 0 Å². The molecule has 3 heteroatoms. The molecule has 1 aromatic heterocycles. The summed E-state index contributed by atoms with van der Waals surface area (Å²) in [7, 11) is 0. The Hall–Kier alpha value is -1.38. The maximum Gasteiger partial charge on any atom is 0.226 e. The minimum absolute atomic E-state index is 0.295. The first-order valence-corrected chi connectivity index (χ1v) is 5.50. The highest BCUT2D eigenvalue weighted by Gasteiger charge is 2.32. The molecule has 0 radical (unpaired) electrons. The molecule has 1 aromatic rings. The van der Waals surface area contributed by atoms with Crippen LogP contribution in [0.2, 0.25) is 0 Å². The molecule has 0 atom stereocenters. The lowest BCUT2D eigenvalue weighted by Gasteiger charge is -2.20. The van der Waals surface area contributed by atoms with Crippen LogP contribution in [-0.2, 0) is 11.3 Å². The van der Waals surface area contributed by atoms with Gasteiger partial charge in [0.2, 0.25) is 5.91 Å². The van der Waals surface area contributed by atoms with Crippen molar-refractivity contribution >= 4 is 5.91 Å². The highest BCUT2D eigenvalue weighted by molar-refractivity contribution is 5.80. The van der Waals surface area contributed by atoms with Crippen LogP contribution in [0.1, 0.15) is 25.5 Å². The van der Waals surface area contributed by atoms with Crippen LogP contribution in [0.4, 0.5) is 0 Å². The second-order valence-corrected chi connectivity index (χ2v) is 3.95. The number of hydrogen-bond acceptors (Lipinski definition) is 2. The molecule has 0 unspecified atom stereocenters. The van der Waals surface area contributed by atoms with Gasteiger partial charge in [-0.05, 0) is 31.9 Å². The summed E-state index contributed by atoms with van der Waals surface area (Å²) in [5.74, 6) is 0.594. The number of nitrogens with zero attached hydrogens (tertiary/aromatic N) is 2. The van der Waals surface area contributed by atoms with Crippen LogP contribution >= 0.6 is 0 Å². The van der Waals surface area contributed by atoms with Gasteiger partial charge in [-0.1, -0.05) is 6.07 Å². The van der Waals surface area contributed by atoms with Gasteiger partial charge >= 0.3 is 0 Å². The predicted molar refractivity (Wildman–Crippen MR) is 58.1 cm³/mol. The third kappa shape index (κ3) is 2.55. The number of amides is 1. The van der Waals surface area contributed by atoms with Crippen molar-refractivity contribution in [3.63, 3.8) is 0 Å². The van der Waals surface area contributed by atoms with E-state index in [1.54, 1.807) is 6.20 Å². The molecule has 0 aliphatic heterocycles. The average Bonchev–Trinajstić information content (AvgIpc) is 3.10. The normalized spacial score (nSPS) is 15.0. The van der Waals surface area contributed by atoms with Crippen molar-refractivity contribution in [2.75, 3.05) is 6.54 Å². The lowest BCUT2D eigenvalue weighted by Crippen LogP contribution is -2.31. The molecule has 0 spiro atoms. The van der Waals surface area contributed by atoms with E-state index in [2.05, 4.69) is 4.98 Å². The molecule has 0 saturated heterocycles. The van der Waals surface area contributed by atoms with Gasteiger partial charge in [0.1, 0.15) is 0 Å². The van der Waals surface area contributed by atoms with Crippen LogP contribution in [0, 0.1) is 5.92 Å². The van der Waals surface area contributed by atoms with E-state index in [1.165, 1.54) is 0 Å². The Bertz CT molecular complexity index is 333. The van der Waals surface area contributed by atoms with Crippen molar-refractivity contribution in [3.8, 4) is 0 Å². The van der Waals surface area contributed by atoms with E-state index in [-0.39, 0.29) is 0 Å². The zero-order valence-corrected chi connectivity index (χ0v) is 9.02. The second kappa shape index (κ2) is 4.43. The fourth-order valence-electron chi connectivity index (χ4n) is 1.62. The summed E-state index contributed by atoms with van der Waals surface area (Å²) in [6.07, 6.45) is 3.90. The minimum Gasteiger partial charge on any atom is -0.337 e. The number of carbonyl (C=O) groups is 1. The smallest absolute Gasteiger partial charge is 0.226 e. The van der Waals surface area contributed by atoms with Gasteiger partial charge in [0.15, 0.2) is 0 Å². The molecular formula is C12H16N2O. The van der Waals surface area contributed by atoms with Crippen molar-refractivity contribution in [3.05, 3.63) is 30.1 Å². The second-order valence-electron chi connectivity index (χ2n) is 3.95. The molecule has 2 rings (SSSR count). The molecule has 0 aromatic carbocycles. The first-order valence-electron chi connectivity index (χ1n) is 5.50. The molecule has 3 nitrogen and oxygen atoms in total. The van der Waals surface area contributed by atoms with Crippen LogP contribution < -0.4 is 0 Å². The molecule has 15 heavy (non-hydrogen) atoms. The third-order valence-corrected chi connectivity index (χ3v) is 2.70. The fraction of sp³-hybridized carbons (Fsp3) is 0.500. The van der Waals surface area contributed by atoms with E-state index < -0.39 is 0 Å². The molecule has 1 fully saturated rings. The first-order chi connectivity index (χ1) is 7.31. The SMILES string of the molecule is CCN(Cc1ccccn1)C(=O)C1CC1. The molecule has 1 amide bonds. The predicted octanol–water partition coefficient (Wildman–Crippen LogP) is 1.84. The van der Waals surface area contributed by atoms with Gasteiger partial charge in [0.25, 0.3) is 0 Å². The zero-order chi connectivity index (χ0) is 10.7. The highest BCUT2D eigenvalue weighted by Crippen LogP contribution is 2.31. The number of hydrogen-bond donors (Lipinski definition) is 0. The molecule has 1 heterocycles. The average molecular weight is 204 g/mol. The van der Waals surface area contributed by atoms with Crippen molar-refractivity contribution in [2.45, 2.75) is 26.3 Å². The standard InChI is InChI=1S/C12H16N2O/c1-2-14(12(15)10-6-7-10)9-11-5-3-4-8-13-11/h3-5,8,10H,2,6-7,9H2,1H3. The lowest BCUT2D eigenvalue weighted by molar-refractivity contribution is -0.133. The van der Waals surface area contributed by atoms with E-state index in [9.17, 15) is 4.79 Å². The summed E-state index contributed by atoms with van der Waals surface area (Å²) in [5.41, 5.74) is 0.966. The van der Waals surface area contributed by atoms with Gasteiger partial charge < -0.3 is 4.90 Å². The van der Waals surface area contributed by atoms with Gasteiger partial charge in [-0.25, -0.2) is 0 Å². The van der Waals surface area contributed by atoms with Crippen LogP contribution in [0.25, 0.3) is 0 Å². The Morgan fingerprint density at radius 3 is 2.87 bits per heavy atom. The van der Waals surface area contributed by atoms with Gasteiger partial charge in [-0.15, -0.1) is 0 Å². The lowest BCUT2D eigenvalue weighted by atomic mass is 10.3. The molecule has 80 valence electrons. The molecule has 0 bridgehead atoms. The highest BCUT2D eigenvalue weighted by atomic mass is 16.2. The summed E-state index contributed by atoms with van der Waals surface area (Å²) >= 11 is 0. The van der Waals surface area contributed by atoms with E-state index in [4.69, 9.17) is 0 Å². The monoisotopic (exact) mass is 204 g/mol. The number of rotatable bonds is 4. The third-order valence-electron chi connectivity index (χ3n) is 2.70. The summed E-state index contributed by atoms with van der Waals surface area (Å²) in [5, 5.41) is 0. The Labute approximate surface area is 90.1 Å². The van der Waals surface area contributed by atoms with Crippen molar-refractivity contribution < 1.29 is 4.79 Å². The Morgan fingerprint density at radius 2 is 2.33 bits per heavy atom. The molecule has 1 aliphatic carbocycles. The van der Waals surface area contributed by atoms with Crippen LogP contribution in [0.15, 0.2) is 24.4 Å². The van der Waals surface area contributed by atoms with Gasteiger partial charge in [0.05, 0.1) is 12.2 Å². The molecular weight excluding hydrogens is 188 g/mol. The summed E-state index contributed by atoms with van der Waals surface area (Å²) < 4.78 is 0. The van der Waals surface area contributed by atoms with Crippen LogP contribution in [0.5, 0.6) is 0 Å². The van der Waals surface area contributed by atoms with Crippen LogP contribution in [0.3, 0.4) is 0 Å². The van der Waals surface area contributed by atoms with Crippen molar-refractivity contribution in [1.29, 1.82) is 0 Å². The Morgan fingerprint density at radius 1 is 1.53 bits per heavy atom. The van der Waals surface area contributed by atoms with E-state index in [1.807, 2.05) is 30.0 Å². The zero-order valence-electron chi connectivity index (χ0n) is 9.02. The quantitative estimate of drug-likeness (QED) is 0.749. The summed E-state index contributed by atoms with van der Waals surface area (Å²) in [4.78, 5) is 18.0. The molecule has 1 aliphatic rings. The number of carbonyl (C=O) groups excluding carboxylic acids is 1. The maximum atomic E-state index is 11.8. The van der Waals surface area contributed by atoms with E-state index in [0.29, 0.717) is 18.4 Å². The van der Waals surface area contributed by atoms with Gasteiger partial charge in [-0.2, -0.15) is 0 Å². The van der Waals surface area contributed by atoms with E-state index in [0.717, 1.165) is 25.1 Å². The Balaban J connectivity index is 1.98. The number of aromatic nitrogens is 1. The maximum absolute atomic E-state index is 11.8. The first kappa shape index (κ1) is 10.1. The van der Waals surface area contributed by atoms with Gasteiger partial charge in [-0.3, -0.25) is 9.78 Å². The summed E-state index contributed by atoms with van der Waals surface area (Å²) in [6, 6.07) is 5.81. The number of pyridine rings is 1. The Kier molecular flexibility index (Phi) is 2.99. The molecule has 1 saturated carbocycles. The fourth-order valence-corrected chi connectivity index (χ4v) is 1.62. The minimum atomic E-state index is 0.295. The van der Waals surface area contributed by atoms with Crippen molar-refractivity contribution in [2.24, 2.45) is 5.92 Å². The molecule has 0 N–H and O–H groups in total. The van der Waals surface area contributed by atoms with Crippen LogP contribution in [-0.4, -0.2) is 22.3 Å². The topological polar surface area (TPSA) is 33.2 Å². The van der Waals surface area contributed by atoms with Gasteiger partial charge in [0, 0.05) is 18.7 Å². The van der Waals surface area contributed by atoms with Crippen molar-refractivity contribution in [1.82, 2.24) is 9.88 Å². The summed E-state index contributed by atoms with van der Waals surface area (Å²) in [6.45, 7) is 3.43. The largest absolute Gasteiger partial charge is 0.337 e.